The molecule has 7 aromatic rings. The predicted octanol–water partition coefficient (Wildman–Crippen LogP) is 7.22. The Balaban J connectivity index is 1.39. The molecule has 3 amide bonds. The van der Waals surface area contributed by atoms with Crippen molar-refractivity contribution in [1.29, 1.82) is 0 Å². The number of ether oxygens (including phenoxy) is 5. The minimum Gasteiger partial charge on any atom is -0.497 e. The highest BCUT2D eigenvalue weighted by Gasteiger charge is 2.38. The summed E-state index contributed by atoms with van der Waals surface area (Å²) in [7, 11) is -5.28. The van der Waals surface area contributed by atoms with E-state index in [1.54, 1.807) is 130 Å². The van der Waals surface area contributed by atoms with Crippen LogP contribution in [0.4, 0.5) is 21.0 Å². The molecule has 77 heavy (non-hydrogen) atoms. The van der Waals surface area contributed by atoms with E-state index in [2.05, 4.69) is 31.4 Å². The summed E-state index contributed by atoms with van der Waals surface area (Å²) in [4.78, 5) is 38.5. The minimum atomic E-state index is -5.08. The van der Waals surface area contributed by atoms with E-state index in [0.717, 1.165) is 15.9 Å². The molecular formula is C54H59N9O12S2. The molecule has 0 aliphatic rings. The van der Waals surface area contributed by atoms with Crippen molar-refractivity contribution in [1.82, 2.24) is 35.1 Å². The topological polar surface area (TPSA) is 275 Å². The third-order valence-corrected chi connectivity index (χ3v) is 15.3. The highest BCUT2D eigenvalue weighted by Crippen LogP contribution is 2.44. The summed E-state index contributed by atoms with van der Waals surface area (Å²) in [5.41, 5.74) is 8.47. The van der Waals surface area contributed by atoms with Crippen molar-refractivity contribution in [3.8, 4) is 39.8 Å². The molecule has 21 nitrogen and oxygen atoms in total. The normalized spacial score (nSPS) is 11.6. The Morgan fingerprint density at radius 3 is 1.82 bits per heavy atom. The zero-order valence-electron chi connectivity index (χ0n) is 43.2. The summed E-state index contributed by atoms with van der Waals surface area (Å²) in [6.45, 7) is 3.42. The molecule has 0 unspecified atom stereocenters. The summed E-state index contributed by atoms with van der Waals surface area (Å²) in [5.74, 6) is -0.232. The van der Waals surface area contributed by atoms with Gasteiger partial charge in [-0.3, -0.25) is 4.79 Å². The molecule has 1 heterocycles. The molecule has 0 radical (unpaired) electrons. The number of nitrogens with one attached hydrogen (secondary N) is 3. The molecule has 0 spiro atoms. The summed E-state index contributed by atoms with van der Waals surface area (Å²) in [6, 6.07) is 36.5. The first-order valence-electron chi connectivity index (χ1n) is 23.9. The number of carbonyl (C=O) groups is 3. The van der Waals surface area contributed by atoms with Gasteiger partial charge in [-0.15, -0.1) is 10.2 Å². The van der Waals surface area contributed by atoms with Gasteiger partial charge >= 0.3 is 12.2 Å². The molecule has 0 aliphatic carbocycles. The third-order valence-electron chi connectivity index (χ3n) is 11.6. The minimum absolute atomic E-state index is 0.0254. The lowest BCUT2D eigenvalue weighted by Crippen LogP contribution is -2.41. The molecule has 0 aliphatic heterocycles. The molecule has 0 bridgehead atoms. The first-order valence-corrected chi connectivity index (χ1v) is 27.0. The maximum atomic E-state index is 16.2. The van der Waals surface area contributed by atoms with E-state index < -0.39 is 72.2 Å². The molecule has 5 N–H and O–H groups in total. The Morgan fingerprint density at radius 1 is 0.662 bits per heavy atom. The van der Waals surface area contributed by atoms with Crippen LogP contribution in [0.2, 0.25) is 0 Å². The van der Waals surface area contributed by atoms with Gasteiger partial charge in [-0.2, -0.15) is 9.10 Å². The van der Waals surface area contributed by atoms with Crippen molar-refractivity contribution in [2.75, 3.05) is 51.3 Å². The molecule has 404 valence electrons. The smallest absolute Gasteiger partial charge is 0.407 e. The Bertz CT molecular complexity index is 3360. The Labute approximate surface area is 446 Å². The van der Waals surface area contributed by atoms with E-state index in [9.17, 15) is 22.8 Å². The van der Waals surface area contributed by atoms with Crippen LogP contribution in [0.5, 0.6) is 17.2 Å². The van der Waals surface area contributed by atoms with E-state index in [1.165, 1.54) is 38.3 Å². The second-order valence-electron chi connectivity index (χ2n) is 18.3. The number of hydrogen-bond acceptors (Lipinski definition) is 16. The molecular weight excluding hydrogens is 1030 g/mol. The van der Waals surface area contributed by atoms with Crippen LogP contribution in [0, 0.1) is 0 Å². The quantitative estimate of drug-likeness (QED) is 0.0488. The Kier molecular flexibility index (Phi) is 18.1. The van der Waals surface area contributed by atoms with Crippen LogP contribution in [0.25, 0.3) is 22.5 Å². The fourth-order valence-corrected chi connectivity index (χ4v) is 11.3. The fourth-order valence-electron chi connectivity index (χ4n) is 7.77. The highest BCUT2D eigenvalue weighted by molar-refractivity contribution is 7.93. The first kappa shape index (κ1) is 56.2. The second kappa shape index (κ2) is 24.9. The number of nitrogen functional groups attached to an aromatic ring is 1. The van der Waals surface area contributed by atoms with Crippen LogP contribution < -0.4 is 35.9 Å². The summed E-state index contributed by atoms with van der Waals surface area (Å²) < 4.78 is 90.0. The van der Waals surface area contributed by atoms with Crippen LogP contribution in [-0.2, 0) is 60.4 Å². The van der Waals surface area contributed by atoms with Crippen LogP contribution >= 0.6 is 0 Å². The average molecular weight is 1090 g/mol. The van der Waals surface area contributed by atoms with Gasteiger partial charge < -0.3 is 45.4 Å². The molecule has 0 saturated heterocycles. The van der Waals surface area contributed by atoms with Crippen molar-refractivity contribution in [3.05, 3.63) is 156 Å². The Morgan fingerprint density at radius 2 is 1.25 bits per heavy atom. The van der Waals surface area contributed by atoms with Crippen molar-refractivity contribution in [2.45, 2.75) is 62.3 Å². The summed E-state index contributed by atoms with van der Waals surface area (Å²) in [5, 5.41) is 21.1. The zero-order valence-corrected chi connectivity index (χ0v) is 44.8. The second-order valence-corrected chi connectivity index (χ2v) is 22.3. The van der Waals surface area contributed by atoms with Gasteiger partial charge in [0, 0.05) is 24.2 Å². The van der Waals surface area contributed by atoms with Crippen molar-refractivity contribution in [3.63, 3.8) is 0 Å². The molecule has 0 saturated carbocycles. The van der Waals surface area contributed by atoms with Crippen LogP contribution in [0.15, 0.2) is 143 Å². The van der Waals surface area contributed by atoms with Gasteiger partial charge in [0.15, 0.2) is 9.84 Å². The number of sulfone groups is 1. The number of amides is 3. The van der Waals surface area contributed by atoms with Gasteiger partial charge in [0.2, 0.25) is 21.8 Å². The van der Waals surface area contributed by atoms with E-state index in [-0.39, 0.29) is 60.1 Å². The van der Waals surface area contributed by atoms with Crippen LogP contribution in [0.3, 0.4) is 0 Å². The van der Waals surface area contributed by atoms with Gasteiger partial charge in [-0.05, 0) is 102 Å². The molecule has 7 rings (SSSR count). The molecule has 0 fully saturated rings. The number of hydrogen-bond donors (Lipinski definition) is 4. The number of sulfonamides is 1. The number of anilines is 2. The van der Waals surface area contributed by atoms with Gasteiger partial charge in [-0.1, -0.05) is 84.9 Å². The number of methoxy groups -OCH3 is 3. The number of rotatable bonds is 22. The van der Waals surface area contributed by atoms with Crippen LogP contribution in [0.1, 0.15) is 43.0 Å². The first-order chi connectivity index (χ1) is 36.8. The average Bonchev–Trinajstić information content (AvgIpc) is 3.93. The largest absolute Gasteiger partial charge is 0.497 e. The number of para-hydroxylation sites is 1. The SMILES string of the molecule is COc1ccc(CN(Cc2ccc(OC)cc2)S(=O)(=O)c2c(S(=O)(=O)CCOC(=O)NC(C)(C)C)ccc(-c3cccc(NC(=O)CNC(=O)OCc4ccccc4)c3N)c2-c2nnn(Cc3ccc(OC)cc3)n2)cc1. The van der Waals surface area contributed by atoms with Crippen molar-refractivity contribution >= 4 is 49.3 Å². The predicted molar refractivity (Wildman–Crippen MR) is 287 cm³/mol. The lowest BCUT2D eigenvalue weighted by Gasteiger charge is -2.26. The van der Waals surface area contributed by atoms with E-state index in [0.29, 0.717) is 33.9 Å². The van der Waals surface area contributed by atoms with Crippen molar-refractivity contribution in [2.24, 2.45) is 0 Å². The maximum Gasteiger partial charge on any atom is 0.407 e. The standard InChI is InChI=1S/C54H59N9O12S2/c1-54(2,3)58-53(66)74-29-30-76(67,68)46-28-27-43(44-13-10-14-45(49(44)55)57-47(64)31-56-52(65)75-35-39-11-8-7-9-12-39)48(51-59-61-63(60-51)34-38-19-25-42(73-6)26-20-38)50(46)77(69,70)62(32-36-15-21-40(71-4)22-16-36)33-37-17-23-41(72-5)24-18-37/h7-28H,29-35,55H2,1-6H3,(H,56,65)(H,57,64)(H,58,66). The fraction of sp³-hybridized carbons (Fsp3) is 0.259. The number of tetrazole rings is 1. The number of nitrogens with two attached hydrogens (primary N) is 1. The van der Waals surface area contributed by atoms with Gasteiger partial charge in [0.25, 0.3) is 0 Å². The monoisotopic (exact) mass is 1090 g/mol. The molecule has 0 atom stereocenters. The molecule has 6 aromatic carbocycles. The van der Waals surface area contributed by atoms with Gasteiger partial charge in [0.05, 0.1) is 55.5 Å². The molecule has 23 heteroatoms. The summed E-state index contributed by atoms with van der Waals surface area (Å²) in [6.07, 6.45) is -1.74. The van der Waals surface area contributed by atoms with E-state index in [1.807, 2.05) is 6.07 Å². The number of alkyl carbamates (subject to hydrolysis) is 2. The van der Waals surface area contributed by atoms with Crippen molar-refractivity contribution < 1.29 is 54.9 Å². The lowest BCUT2D eigenvalue weighted by molar-refractivity contribution is -0.115. The number of aromatic nitrogens is 4. The molecule has 1 aromatic heterocycles. The van der Waals surface area contributed by atoms with E-state index >= 15 is 8.42 Å². The van der Waals surface area contributed by atoms with Gasteiger partial charge in [-0.25, -0.2) is 26.4 Å². The number of carbonyl (C=O) groups excluding carboxylic acids is 3. The van der Waals surface area contributed by atoms with Crippen LogP contribution in [-0.4, -0.2) is 105 Å². The van der Waals surface area contributed by atoms with Gasteiger partial charge in [0.1, 0.15) is 41.9 Å². The maximum absolute atomic E-state index is 16.2. The summed E-state index contributed by atoms with van der Waals surface area (Å²) >= 11 is 0. The zero-order chi connectivity index (χ0) is 55.3. The Hall–Kier alpha value is -8.54. The highest BCUT2D eigenvalue weighted by atomic mass is 32.2. The lowest BCUT2D eigenvalue weighted by atomic mass is 9.97. The third kappa shape index (κ3) is 14.9. The number of nitrogens with zero attached hydrogens (tertiary/aromatic N) is 5. The number of benzene rings is 6. The van der Waals surface area contributed by atoms with E-state index in [4.69, 9.17) is 29.4 Å².